The fraction of sp³-hybridized carbons (Fsp3) is 0.450. The van der Waals surface area contributed by atoms with E-state index in [2.05, 4.69) is 29.0 Å². The van der Waals surface area contributed by atoms with Crippen LogP contribution < -0.4 is 5.32 Å². The summed E-state index contributed by atoms with van der Waals surface area (Å²) in [6, 6.07) is 3.91. The minimum absolute atomic E-state index is 0.0775. The minimum atomic E-state index is -1.03. The van der Waals surface area contributed by atoms with Gasteiger partial charge in [-0.2, -0.15) is 5.26 Å². The lowest BCUT2D eigenvalue weighted by atomic mass is 9.88. The molecule has 1 aliphatic carbocycles. The summed E-state index contributed by atoms with van der Waals surface area (Å²) in [4.78, 5) is 14.9. The summed E-state index contributed by atoms with van der Waals surface area (Å²) in [5, 5.41) is 21.0. The van der Waals surface area contributed by atoms with Crippen molar-refractivity contribution >= 4 is 17.7 Å². The van der Waals surface area contributed by atoms with Crippen molar-refractivity contribution in [2.24, 2.45) is 5.92 Å². The third kappa shape index (κ3) is 6.80. The number of rotatable bonds is 6. The predicted molar refractivity (Wildman–Crippen MR) is 101 cm³/mol. The highest BCUT2D eigenvalue weighted by molar-refractivity contribution is 5.86. The van der Waals surface area contributed by atoms with Gasteiger partial charge in [-0.15, -0.1) is 0 Å². The van der Waals surface area contributed by atoms with E-state index in [1.54, 1.807) is 0 Å². The third-order valence-corrected chi connectivity index (χ3v) is 4.03. The fourth-order valence-electron chi connectivity index (χ4n) is 2.65. The number of aliphatic carboxylic acids is 1. The van der Waals surface area contributed by atoms with Crippen molar-refractivity contribution in [3.8, 4) is 6.07 Å². The molecule has 1 aromatic rings. The maximum Gasteiger partial charge on any atom is 0.332 e. The molecule has 1 saturated carbocycles. The van der Waals surface area contributed by atoms with Crippen molar-refractivity contribution in [3.63, 3.8) is 0 Å². The first-order valence-corrected chi connectivity index (χ1v) is 8.83. The number of nitrogens with one attached hydrogen (secondary N) is 1. The van der Waals surface area contributed by atoms with Crippen LogP contribution in [0.1, 0.15) is 57.2 Å². The van der Waals surface area contributed by atoms with Gasteiger partial charge in [-0.1, -0.05) is 51.8 Å². The van der Waals surface area contributed by atoms with E-state index in [1.165, 1.54) is 38.3 Å². The van der Waals surface area contributed by atoms with Crippen LogP contribution in [-0.2, 0) is 4.79 Å². The van der Waals surface area contributed by atoms with E-state index in [0.29, 0.717) is 17.3 Å². The maximum atomic E-state index is 10.8. The highest BCUT2D eigenvalue weighted by Crippen LogP contribution is 2.26. The van der Waals surface area contributed by atoms with Crippen LogP contribution >= 0.6 is 0 Å². The topological polar surface area (TPSA) is 86.0 Å². The molecule has 0 radical (unpaired) electrons. The second-order valence-electron chi connectivity index (χ2n) is 5.79. The molecule has 0 atom stereocenters. The number of nitriles is 1. The number of nitrogens with zero attached hydrogens (tertiary/aromatic N) is 2. The molecule has 0 amide bonds. The first-order valence-electron chi connectivity index (χ1n) is 8.83. The van der Waals surface area contributed by atoms with E-state index in [4.69, 9.17) is 5.11 Å². The molecule has 1 aliphatic rings. The smallest absolute Gasteiger partial charge is 0.332 e. The lowest BCUT2D eigenvalue weighted by Gasteiger charge is -2.17. The van der Waals surface area contributed by atoms with Crippen LogP contribution in [0.5, 0.6) is 0 Å². The molecule has 25 heavy (non-hydrogen) atoms. The molecule has 0 saturated heterocycles. The molecule has 5 nitrogen and oxygen atoms in total. The second-order valence-corrected chi connectivity index (χ2v) is 5.79. The Morgan fingerprint density at radius 2 is 2.12 bits per heavy atom. The number of hydrogen-bond acceptors (Lipinski definition) is 4. The van der Waals surface area contributed by atoms with Gasteiger partial charge in [-0.05, 0) is 24.8 Å². The van der Waals surface area contributed by atoms with E-state index < -0.39 is 5.97 Å². The number of hydrogen-bond donors (Lipinski definition) is 2. The molecular weight excluding hydrogens is 314 g/mol. The van der Waals surface area contributed by atoms with E-state index >= 15 is 0 Å². The highest BCUT2D eigenvalue weighted by Gasteiger charge is 2.11. The Kier molecular flexibility index (Phi) is 9.02. The first-order chi connectivity index (χ1) is 12.1. The molecule has 1 fully saturated rings. The number of anilines is 1. The van der Waals surface area contributed by atoms with Crippen LogP contribution in [-0.4, -0.2) is 22.6 Å². The molecule has 0 spiro atoms. The van der Waals surface area contributed by atoms with Crippen molar-refractivity contribution in [2.45, 2.75) is 46.0 Å². The van der Waals surface area contributed by atoms with Gasteiger partial charge >= 0.3 is 5.97 Å². The second kappa shape index (κ2) is 11.0. The molecule has 2 N–H and O–H groups in total. The average molecular weight is 341 g/mol. The largest absolute Gasteiger partial charge is 0.478 e. The molecule has 0 unspecified atom stereocenters. The number of carboxylic acid groups (broad SMARTS) is 1. The number of carbonyl (C=O) groups is 1. The Morgan fingerprint density at radius 3 is 2.72 bits per heavy atom. The van der Waals surface area contributed by atoms with Crippen molar-refractivity contribution < 1.29 is 9.90 Å². The summed E-state index contributed by atoms with van der Waals surface area (Å²) < 4.78 is 0. The molecule has 2 rings (SSSR count). The summed E-state index contributed by atoms with van der Waals surface area (Å²) in [6.45, 7) is 7.61. The molecule has 134 valence electrons. The predicted octanol–water partition coefficient (Wildman–Crippen LogP) is 4.63. The van der Waals surface area contributed by atoms with Gasteiger partial charge in [0, 0.05) is 17.7 Å². The van der Waals surface area contributed by atoms with Crippen LogP contribution in [0.25, 0.3) is 6.08 Å². The summed E-state index contributed by atoms with van der Waals surface area (Å²) >= 11 is 0. The molecule has 0 bridgehead atoms. The highest BCUT2D eigenvalue weighted by atomic mass is 16.4. The van der Waals surface area contributed by atoms with Crippen molar-refractivity contribution in [1.82, 2.24) is 4.98 Å². The summed E-state index contributed by atoms with van der Waals surface area (Å²) in [5.74, 6) is -0.463. The Hall–Kier alpha value is -2.61. The zero-order chi connectivity index (χ0) is 18.7. The van der Waals surface area contributed by atoms with Crippen LogP contribution in [0.4, 0.5) is 5.69 Å². The minimum Gasteiger partial charge on any atom is -0.478 e. The zero-order valence-electron chi connectivity index (χ0n) is 15.1. The summed E-state index contributed by atoms with van der Waals surface area (Å²) in [6.07, 6.45) is 11.9. The molecule has 1 aromatic heterocycles. The molecular formula is C20H27N3O2. The van der Waals surface area contributed by atoms with Crippen LogP contribution in [0.15, 0.2) is 30.5 Å². The average Bonchev–Trinajstić information content (AvgIpc) is 2.66. The lowest BCUT2D eigenvalue weighted by Crippen LogP contribution is -2.11. The Bertz CT molecular complexity index is 653. The molecule has 5 heteroatoms. The van der Waals surface area contributed by atoms with Gasteiger partial charge in [0.2, 0.25) is 0 Å². The van der Waals surface area contributed by atoms with Crippen molar-refractivity contribution in [3.05, 3.63) is 41.7 Å². The van der Waals surface area contributed by atoms with Gasteiger partial charge in [0.15, 0.2) is 0 Å². The van der Waals surface area contributed by atoms with Crippen molar-refractivity contribution in [2.75, 3.05) is 11.9 Å². The van der Waals surface area contributed by atoms with Gasteiger partial charge in [-0.3, -0.25) is 0 Å². The van der Waals surface area contributed by atoms with E-state index in [0.717, 1.165) is 5.56 Å². The van der Waals surface area contributed by atoms with Crippen molar-refractivity contribution in [1.29, 1.82) is 5.26 Å². The Balaban J connectivity index is 0.00000151. The normalized spacial score (nSPS) is 14.3. The number of aromatic nitrogens is 1. The van der Waals surface area contributed by atoms with Crippen LogP contribution in [0.3, 0.4) is 0 Å². The first kappa shape index (κ1) is 20.4. The van der Waals surface area contributed by atoms with Crippen LogP contribution in [0, 0.1) is 17.2 Å². The SMILES string of the molecule is C=C(CNc1cnc(C#N)c(/C=C/C2CCCCC2)c1)C(=O)O.CC. The molecule has 0 aromatic carbocycles. The van der Waals surface area contributed by atoms with Gasteiger partial charge in [0.1, 0.15) is 11.8 Å². The lowest BCUT2D eigenvalue weighted by molar-refractivity contribution is -0.132. The third-order valence-electron chi connectivity index (χ3n) is 4.03. The standard InChI is InChI=1S/C18H21N3O2.C2H6/c1-13(18(22)23)11-20-16-9-15(17(10-19)21-12-16)8-7-14-5-3-2-4-6-14;1-2/h7-9,12,14,20H,1-6,11H2,(H,22,23);1-2H3/b8-7+;. The van der Waals surface area contributed by atoms with Gasteiger partial charge in [-0.25, -0.2) is 9.78 Å². The van der Waals surface area contributed by atoms with Crippen LogP contribution in [0.2, 0.25) is 0 Å². The monoisotopic (exact) mass is 341 g/mol. The fourth-order valence-corrected chi connectivity index (χ4v) is 2.65. The quantitative estimate of drug-likeness (QED) is 0.737. The molecule has 0 aliphatic heterocycles. The van der Waals surface area contributed by atoms with E-state index in [9.17, 15) is 10.1 Å². The summed E-state index contributed by atoms with van der Waals surface area (Å²) in [7, 11) is 0. The van der Waals surface area contributed by atoms with E-state index in [-0.39, 0.29) is 12.1 Å². The van der Waals surface area contributed by atoms with Gasteiger partial charge < -0.3 is 10.4 Å². The maximum absolute atomic E-state index is 10.8. The Labute approximate surface area is 150 Å². The summed E-state index contributed by atoms with van der Waals surface area (Å²) in [5.41, 5.74) is 1.88. The van der Waals surface area contributed by atoms with Gasteiger partial charge in [0.05, 0.1) is 11.9 Å². The van der Waals surface area contributed by atoms with E-state index in [1.807, 2.05) is 26.0 Å². The zero-order valence-corrected chi connectivity index (χ0v) is 15.1. The molecule has 1 heterocycles. The number of allylic oxidation sites excluding steroid dienone is 1. The number of carboxylic acids is 1. The Morgan fingerprint density at radius 1 is 1.44 bits per heavy atom. The van der Waals surface area contributed by atoms with Gasteiger partial charge in [0.25, 0.3) is 0 Å². The number of pyridine rings is 1.